The van der Waals surface area contributed by atoms with Gasteiger partial charge in [0.05, 0.1) is 0 Å². The van der Waals surface area contributed by atoms with Gasteiger partial charge >= 0.3 is 0 Å². The van der Waals surface area contributed by atoms with Gasteiger partial charge in [0.2, 0.25) is 5.91 Å². The molecule has 1 saturated carbocycles. The number of hydrogen-bond donors (Lipinski definition) is 0. The van der Waals surface area contributed by atoms with E-state index < -0.39 is 11.6 Å². The predicted molar refractivity (Wildman–Crippen MR) is 60.7 cm³/mol. The summed E-state index contributed by atoms with van der Waals surface area (Å²) in [6.07, 6.45) is 1.84. The lowest BCUT2D eigenvalue weighted by molar-refractivity contribution is -0.129. The van der Waals surface area contributed by atoms with Gasteiger partial charge in [-0.3, -0.25) is 4.79 Å². The zero-order chi connectivity index (χ0) is 12.4. The number of benzene rings is 1. The van der Waals surface area contributed by atoms with Gasteiger partial charge in [0, 0.05) is 24.2 Å². The smallest absolute Gasteiger partial charge is 0.238 e. The fourth-order valence-corrected chi connectivity index (χ4v) is 1.87. The number of rotatable bonds is 4. The molecule has 0 spiro atoms. The van der Waals surface area contributed by atoms with Crippen LogP contribution < -0.4 is 0 Å². The van der Waals surface area contributed by atoms with Gasteiger partial charge in [-0.2, -0.15) is 0 Å². The zero-order valence-electron chi connectivity index (χ0n) is 9.13. The predicted octanol–water partition coefficient (Wildman–Crippen LogP) is 2.69. The molecule has 92 valence electrons. The molecule has 1 fully saturated rings. The summed E-state index contributed by atoms with van der Waals surface area (Å²) in [6.45, 7) is 0.155. The van der Waals surface area contributed by atoms with Crippen LogP contribution in [0, 0.1) is 11.6 Å². The largest absolute Gasteiger partial charge is 0.334 e. The van der Waals surface area contributed by atoms with E-state index in [0.717, 1.165) is 18.9 Å². The van der Waals surface area contributed by atoms with Crippen molar-refractivity contribution in [3.05, 3.63) is 35.4 Å². The minimum atomic E-state index is -0.627. The fourth-order valence-electron chi connectivity index (χ4n) is 1.72. The molecule has 0 heterocycles. The Kier molecular flexibility index (Phi) is 3.62. The van der Waals surface area contributed by atoms with Crippen LogP contribution in [0.4, 0.5) is 8.78 Å². The van der Waals surface area contributed by atoms with Gasteiger partial charge in [-0.1, -0.05) is 6.07 Å². The molecule has 2 nitrogen and oxygen atoms in total. The van der Waals surface area contributed by atoms with E-state index in [4.69, 9.17) is 11.6 Å². The third kappa shape index (κ3) is 2.94. The van der Waals surface area contributed by atoms with Crippen LogP contribution in [-0.4, -0.2) is 22.7 Å². The van der Waals surface area contributed by atoms with Gasteiger partial charge in [0.15, 0.2) is 0 Å². The lowest BCUT2D eigenvalue weighted by atomic mass is 10.2. The number of hydrogen-bond acceptors (Lipinski definition) is 1. The summed E-state index contributed by atoms with van der Waals surface area (Å²) in [6, 6.07) is 3.53. The van der Waals surface area contributed by atoms with Crippen molar-refractivity contribution in [3.8, 4) is 0 Å². The molecular formula is C12H12ClF2NO. The first-order valence-electron chi connectivity index (χ1n) is 5.41. The number of carbonyl (C=O) groups excluding carboxylic acids is 1. The van der Waals surface area contributed by atoms with Crippen molar-refractivity contribution in [2.24, 2.45) is 0 Å². The second kappa shape index (κ2) is 5.00. The highest BCUT2D eigenvalue weighted by atomic mass is 35.5. The molecular weight excluding hydrogens is 248 g/mol. The van der Waals surface area contributed by atoms with Crippen molar-refractivity contribution in [2.45, 2.75) is 25.4 Å². The molecule has 5 heteroatoms. The van der Waals surface area contributed by atoms with Gasteiger partial charge in [-0.05, 0) is 18.9 Å². The van der Waals surface area contributed by atoms with E-state index in [2.05, 4.69) is 0 Å². The SMILES string of the molecule is O=C(CCl)N(Cc1ccc(F)cc1F)C1CC1. The monoisotopic (exact) mass is 259 g/mol. The molecule has 1 aromatic rings. The van der Waals surface area contributed by atoms with Crippen molar-refractivity contribution in [1.29, 1.82) is 0 Å². The molecule has 1 aromatic carbocycles. The van der Waals surface area contributed by atoms with Crippen molar-refractivity contribution < 1.29 is 13.6 Å². The Labute approximate surface area is 103 Å². The van der Waals surface area contributed by atoms with Crippen LogP contribution in [0.25, 0.3) is 0 Å². The Morgan fingerprint density at radius 1 is 1.41 bits per heavy atom. The molecule has 17 heavy (non-hydrogen) atoms. The minimum absolute atomic E-state index is 0.112. The Morgan fingerprint density at radius 3 is 2.65 bits per heavy atom. The number of alkyl halides is 1. The highest BCUT2D eigenvalue weighted by Gasteiger charge is 2.32. The van der Waals surface area contributed by atoms with Gasteiger partial charge in [0.1, 0.15) is 17.5 Å². The van der Waals surface area contributed by atoms with Gasteiger partial charge in [-0.15, -0.1) is 11.6 Å². The third-order valence-corrected chi connectivity index (χ3v) is 3.01. The lowest BCUT2D eigenvalue weighted by Gasteiger charge is -2.21. The molecule has 1 aliphatic carbocycles. The first-order chi connectivity index (χ1) is 8.11. The molecule has 0 radical (unpaired) electrons. The van der Waals surface area contributed by atoms with Crippen LogP contribution in [0.2, 0.25) is 0 Å². The van der Waals surface area contributed by atoms with Crippen LogP contribution in [0.1, 0.15) is 18.4 Å². The standard InChI is InChI=1S/C12H12ClF2NO/c13-6-12(17)16(10-3-4-10)7-8-1-2-9(14)5-11(8)15/h1-2,5,10H,3-4,6-7H2. The summed E-state index contributed by atoms with van der Waals surface area (Å²) in [5, 5.41) is 0. The van der Waals surface area contributed by atoms with E-state index in [1.54, 1.807) is 4.90 Å². The first-order valence-corrected chi connectivity index (χ1v) is 5.94. The van der Waals surface area contributed by atoms with Crippen LogP contribution in [0.5, 0.6) is 0 Å². The summed E-state index contributed by atoms with van der Waals surface area (Å²) in [5.74, 6) is -1.57. The van der Waals surface area contributed by atoms with Crippen molar-refractivity contribution in [1.82, 2.24) is 4.90 Å². The van der Waals surface area contributed by atoms with Gasteiger partial charge < -0.3 is 4.90 Å². The number of amides is 1. The summed E-state index contributed by atoms with van der Waals surface area (Å²) in [4.78, 5) is 13.1. The van der Waals surface area contributed by atoms with Crippen LogP contribution in [0.15, 0.2) is 18.2 Å². The molecule has 1 amide bonds. The summed E-state index contributed by atoms with van der Waals surface area (Å²) < 4.78 is 26.2. The average molecular weight is 260 g/mol. The van der Waals surface area contributed by atoms with E-state index in [-0.39, 0.29) is 24.4 Å². The van der Waals surface area contributed by atoms with Gasteiger partial charge in [-0.25, -0.2) is 8.78 Å². The maximum Gasteiger partial charge on any atom is 0.238 e. The van der Waals surface area contributed by atoms with E-state index in [1.165, 1.54) is 12.1 Å². The molecule has 0 saturated heterocycles. The molecule has 0 aromatic heterocycles. The zero-order valence-corrected chi connectivity index (χ0v) is 9.88. The van der Waals surface area contributed by atoms with E-state index in [1.807, 2.05) is 0 Å². The van der Waals surface area contributed by atoms with E-state index in [9.17, 15) is 13.6 Å². The molecule has 1 aliphatic rings. The lowest BCUT2D eigenvalue weighted by Crippen LogP contribution is -2.33. The second-order valence-electron chi connectivity index (χ2n) is 4.12. The Balaban J connectivity index is 2.14. The molecule has 0 unspecified atom stereocenters. The number of carbonyl (C=O) groups is 1. The molecule has 2 rings (SSSR count). The Bertz CT molecular complexity index is 435. The third-order valence-electron chi connectivity index (χ3n) is 2.78. The number of halogens is 3. The van der Waals surface area contributed by atoms with Crippen molar-refractivity contribution >= 4 is 17.5 Å². The Hall–Kier alpha value is -1.16. The van der Waals surface area contributed by atoms with Crippen LogP contribution in [0.3, 0.4) is 0 Å². The van der Waals surface area contributed by atoms with Crippen LogP contribution >= 0.6 is 11.6 Å². The van der Waals surface area contributed by atoms with Crippen LogP contribution in [-0.2, 0) is 11.3 Å². The topological polar surface area (TPSA) is 20.3 Å². The highest BCUT2D eigenvalue weighted by Crippen LogP contribution is 2.29. The maximum atomic E-state index is 13.5. The molecule has 0 N–H and O–H groups in total. The number of nitrogens with zero attached hydrogens (tertiary/aromatic N) is 1. The summed E-state index contributed by atoms with van der Waals surface area (Å²) in [5.41, 5.74) is 0.316. The molecule has 0 aliphatic heterocycles. The van der Waals surface area contributed by atoms with Crippen molar-refractivity contribution in [3.63, 3.8) is 0 Å². The minimum Gasteiger partial charge on any atom is -0.334 e. The van der Waals surface area contributed by atoms with E-state index in [0.29, 0.717) is 5.56 Å². The maximum absolute atomic E-state index is 13.5. The normalized spacial score (nSPS) is 14.8. The Morgan fingerprint density at radius 2 is 2.12 bits per heavy atom. The second-order valence-corrected chi connectivity index (χ2v) is 4.39. The molecule has 0 bridgehead atoms. The average Bonchev–Trinajstić information content (AvgIpc) is 3.11. The molecule has 0 atom stereocenters. The quantitative estimate of drug-likeness (QED) is 0.762. The van der Waals surface area contributed by atoms with Gasteiger partial charge in [0.25, 0.3) is 0 Å². The van der Waals surface area contributed by atoms with Crippen molar-refractivity contribution in [2.75, 3.05) is 5.88 Å². The highest BCUT2D eigenvalue weighted by molar-refractivity contribution is 6.27. The summed E-state index contributed by atoms with van der Waals surface area (Å²) >= 11 is 5.50. The fraction of sp³-hybridized carbons (Fsp3) is 0.417. The summed E-state index contributed by atoms with van der Waals surface area (Å²) in [7, 11) is 0. The van der Waals surface area contributed by atoms with E-state index >= 15 is 0 Å². The first kappa shape index (κ1) is 12.3.